The fraction of sp³-hybridized carbons (Fsp3) is 0.568. The molecule has 5 rings (SSSR count). The van der Waals surface area contributed by atoms with Crippen LogP contribution in [0.5, 0.6) is 0 Å². The number of allylic oxidation sites excluding steroid dienone is 2. The van der Waals surface area contributed by atoms with Crippen molar-refractivity contribution in [1.82, 2.24) is 15.1 Å². The summed E-state index contributed by atoms with van der Waals surface area (Å²) >= 11 is 0. The number of non-ortho nitro benzene ring substituents is 1. The monoisotopic (exact) mass is 806 g/mol. The van der Waals surface area contributed by atoms with E-state index in [-0.39, 0.29) is 59.8 Å². The van der Waals surface area contributed by atoms with Gasteiger partial charge in [0, 0.05) is 68.1 Å². The molecule has 2 aliphatic carbocycles. The number of rotatable bonds is 16. The summed E-state index contributed by atoms with van der Waals surface area (Å²) in [5.41, 5.74) is 2.73. The molecule has 1 N–H and O–H groups in total. The maximum atomic E-state index is 14.3. The van der Waals surface area contributed by atoms with Gasteiger partial charge in [-0.1, -0.05) is 44.9 Å². The number of halogens is 1. The van der Waals surface area contributed by atoms with Gasteiger partial charge in [0.2, 0.25) is 0 Å². The summed E-state index contributed by atoms with van der Waals surface area (Å²) < 4.78 is 36.9. The van der Waals surface area contributed by atoms with Crippen molar-refractivity contribution in [3.63, 3.8) is 0 Å². The molecular formula is C44H59FN4O9. The molecule has 0 saturated heterocycles. The zero-order valence-electron chi connectivity index (χ0n) is 35.1. The number of nitrogens with zero attached hydrogens (tertiary/aromatic N) is 3. The van der Waals surface area contributed by atoms with Crippen LogP contribution in [0.2, 0.25) is 0 Å². The Kier molecular flexibility index (Phi) is 14.9. The second kappa shape index (κ2) is 19.4. The molecule has 3 aliphatic rings. The number of esters is 3. The largest absolute Gasteiger partial charge is 0.466 e. The molecule has 13 nitrogen and oxygen atoms in total. The Labute approximate surface area is 341 Å². The van der Waals surface area contributed by atoms with Crippen LogP contribution < -0.4 is 5.32 Å². The molecule has 1 aliphatic heterocycles. The smallest absolute Gasteiger partial charge is 0.336 e. The first-order chi connectivity index (χ1) is 27.6. The highest BCUT2D eigenvalue weighted by Crippen LogP contribution is 2.48. The number of aryl methyl sites for hydroxylation is 1. The molecule has 2 aromatic rings. The van der Waals surface area contributed by atoms with Gasteiger partial charge in [-0.2, -0.15) is 0 Å². The number of hydrogen-bond donors (Lipinski definition) is 1. The van der Waals surface area contributed by atoms with E-state index in [0.29, 0.717) is 49.3 Å². The third-order valence-corrected chi connectivity index (χ3v) is 12.3. The van der Waals surface area contributed by atoms with Crippen LogP contribution in [0.4, 0.5) is 10.1 Å². The summed E-state index contributed by atoms with van der Waals surface area (Å²) in [5, 5.41) is 14.8. The number of methoxy groups -OCH3 is 2. The number of carbonyl (C=O) groups excluding carboxylic acids is 3. The van der Waals surface area contributed by atoms with Gasteiger partial charge in [0.05, 0.1) is 29.1 Å². The van der Waals surface area contributed by atoms with Crippen LogP contribution in [0.1, 0.15) is 94.7 Å². The number of ether oxygens (including phenoxy) is 4. The Morgan fingerprint density at radius 3 is 2.24 bits per heavy atom. The maximum absolute atomic E-state index is 14.3. The molecule has 1 saturated carbocycles. The second-order valence-electron chi connectivity index (χ2n) is 16.3. The number of nitro groups is 1. The summed E-state index contributed by atoms with van der Waals surface area (Å²) in [4.78, 5) is 55.8. The van der Waals surface area contributed by atoms with E-state index in [4.69, 9.17) is 18.9 Å². The minimum absolute atomic E-state index is 0.0750. The van der Waals surface area contributed by atoms with E-state index in [2.05, 4.69) is 36.0 Å². The Morgan fingerprint density at radius 1 is 0.966 bits per heavy atom. The maximum Gasteiger partial charge on any atom is 0.336 e. The second-order valence-corrected chi connectivity index (χ2v) is 16.3. The normalized spacial score (nSPS) is 23.4. The zero-order valence-corrected chi connectivity index (χ0v) is 35.1. The van der Waals surface area contributed by atoms with Crippen molar-refractivity contribution >= 4 is 23.6 Å². The van der Waals surface area contributed by atoms with Gasteiger partial charge in [-0.05, 0) is 88.4 Å². The average molecular weight is 807 g/mol. The van der Waals surface area contributed by atoms with E-state index in [9.17, 15) is 28.9 Å². The van der Waals surface area contributed by atoms with E-state index in [1.54, 1.807) is 26.0 Å². The van der Waals surface area contributed by atoms with E-state index in [0.717, 1.165) is 36.8 Å². The zero-order chi connectivity index (χ0) is 42.3. The number of hydrogen-bond acceptors (Lipinski definition) is 12. The lowest BCUT2D eigenvalue weighted by molar-refractivity contribution is -0.384. The van der Waals surface area contributed by atoms with Crippen molar-refractivity contribution in [3.8, 4) is 0 Å². The van der Waals surface area contributed by atoms with Crippen LogP contribution in [0.15, 0.2) is 65.0 Å². The van der Waals surface area contributed by atoms with Crippen molar-refractivity contribution < 1.29 is 42.6 Å². The topological polar surface area (TPSA) is 150 Å². The lowest BCUT2D eigenvalue weighted by atomic mass is 9.65. The SMILES string of the molecule is COCC(=O)OC1(CCN(C)C2CCCCC2N(C)CCOC(=O)C2=C(C)NC(C)=C(C(=O)OC)C2c2cccc([N+](=O)[O-])c2)CCc2cc(F)ccc2C1C(C)C. The van der Waals surface area contributed by atoms with Crippen LogP contribution in [0, 0.1) is 21.8 Å². The van der Waals surface area contributed by atoms with Crippen LogP contribution in [-0.4, -0.2) is 105 Å². The number of dihydropyridines is 1. The van der Waals surface area contributed by atoms with Gasteiger partial charge in [0.15, 0.2) is 0 Å². The molecule has 5 atom stereocenters. The Bertz CT molecular complexity index is 1910. The molecule has 316 valence electrons. The fourth-order valence-corrected chi connectivity index (χ4v) is 9.64. The molecule has 0 bridgehead atoms. The quantitative estimate of drug-likeness (QED) is 0.0847. The van der Waals surface area contributed by atoms with Crippen LogP contribution in [0.3, 0.4) is 0 Å². The Balaban J connectivity index is 1.30. The molecule has 2 aromatic carbocycles. The number of likely N-dealkylation sites (N-methyl/N-ethyl adjacent to an activating group) is 2. The van der Waals surface area contributed by atoms with Crippen molar-refractivity contribution in [2.75, 3.05) is 54.6 Å². The molecule has 5 unspecified atom stereocenters. The standard InChI is InChI=1S/C44H59FN4O9/c1-27(2)41-34-17-16-32(45)24-30(34)18-19-44(41,58-37(50)26-55-7)20-21-47(5)35-14-9-10-15-36(35)48(6)22-23-57-43(52)39-29(4)46-28(3)38(42(51)56-8)40(39)31-12-11-13-33(25-31)49(53)54/h11-13,16-17,24-25,27,35-36,40-41,46H,9-10,14-15,18-23,26H2,1-8H3. The lowest BCUT2D eigenvalue weighted by Crippen LogP contribution is -2.54. The number of benzene rings is 2. The highest BCUT2D eigenvalue weighted by atomic mass is 19.1. The Morgan fingerprint density at radius 2 is 1.62 bits per heavy atom. The predicted octanol–water partition coefficient (Wildman–Crippen LogP) is 6.56. The van der Waals surface area contributed by atoms with Crippen LogP contribution in [-0.2, 0) is 39.8 Å². The highest BCUT2D eigenvalue weighted by molar-refractivity contribution is 5.99. The minimum atomic E-state index is -0.943. The molecule has 1 heterocycles. The number of carbonyl (C=O) groups is 3. The molecule has 0 radical (unpaired) electrons. The van der Waals surface area contributed by atoms with Crippen molar-refractivity contribution in [2.45, 2.75) is 102 Å². The van der Waals surface area contributed by atoms with Crippen LogP contribution in [0.25, 0.3) is 0 Å². The molecule has 58 heavy (non-hydrogen) atoms. The van der Waals surface area contributed by atoms with Gasteiger partial charge in [0.25, 0.3) is 5.69 Å². The third-order valence-electron chi connectivity index (χ3n) is 12.3. The number of nitro benzene ring substituents is 1. The molecule has 1 fully saturated rings. The van der Waals surface area contributed by atoms with Crippen molar-refractivity contribution in [3.05, 3.63) is 97.6 Å². The van der Waals surface area contributed by atoms with Crippen molar-refractivity contribution in [2.24, 2.45) is 5.92 Å². The van der Waals surface area contributed by atoms with Gasteiger partial charge >= 0.3 is 17.9 Å². The molecule has 0 amide bonds. The lowest BCUT2D eigenvalue weighted by Gasteiger charge is -2.48. The van der Waals surface area contributed by atoms with Gasteiger partial charge in [0.1, 0.15) is 24.6 Å². The van der Waals surface area contributed by atoms with Gasteiger partial charge in [-0.15, -0.1) is 0 Å². The number of nitrogens with one attached hydrogen (secondary N) is 1. The molecular weight excluding hydrogens is 748 g/mol. The average Bonchev–Trinajstić information content (AvgIpc) is 3.19. The summed E-state index contributed by atoms with van der Waals surface area (Å²) in [5.74, 6) is -2.91. The van der Waals surface area contributed by atoms with E-state index >= 15 is 0 Å². The first-order valence-electron chi connectivity index (χ1n) is 20.2. The number of fused-ring (bicyclic) bond motifs is 1. The van der Waals surface area contributed by atoms with E-state index < -0.39 is 34.4 Å². The third kappa shape index (κ3) is 9.78. The summed E-state index contributed by atoms with van der Waals surface area (Å²) in [6.45, 7) is 8.69. The fourth-order valence-electron chi connectivity index (χ4n) is 9.64. The van der Waals surface area contributed by atoms with E-state index in [1.807, 2.05) is 13.1 Å². The summed E-state index contributed by atoms with van der Waals surface area (Å²) in [6, 6.07) is 11.2. The molecule has 14 heteroatoms. The summed E-state index contributed by atoms with van der Waals surface area (Å²) in [6.07, 6.45) is 5.85. The molecule has 0 spiro atoms. The van der Waals surface area contributed by atoms with Crippen molar-refractivity contribution in [1.29, 1.82) is 0 Å². The Hall–Kier alpha value is -4.66. The van der Waals surface area contributed by atoms with E-state index in [1.165, 1.54) is 38.5 Å². The van der Waals surface area contributed by atoms with Gasteiger partial charge in [-0.25, -0.2) is 18.8 Å². The van der Waals surface area contributed by atoms with Crippen LogP contribution >= 0.6 is 0 Å². The first-order valence-corrected chi connectivity index (χ1v) is 20.2. The highest BCUT2D eigenvalue weighted by Gasteiger charge is 2.48. The molecule has 0 aromatic heterocycles. The first kappa shape index (κ1) is 44.4. The van der Waals surface area contributed by atoms with Gasteiger partial charge in [-0.3, -0.25) is 15.0 Å². The summed E-state index contributed by atoms with van der Waals surface area (Å²) in [7, 11) is 6.87. The predicted molar refractivity (Wildman–Crippen MR) is 216 cm³/mol. The minimum Gasteiger partial charge on any atom is -0.466 e. The van der Waals surface area contributed by atoms with Gasteiger partial charge < -0.3 is 29.2 Å².